The highest BCUT2D eigenvalue weighted by atomic mass is 16.2. The van der Waals surface area contributed by atoms with E-state index in [1.165, 1.54) is 0 Å². The van der Waals surface area contributed by atoms with Gasteiger partial charge in [-0.15, -0.1) is 0 Å². The highest BCUT2D eigenvalue weighted by Crippen LogP contribution is 2.18. The lowest BCUT2D eigenvalue weighted by atomic mass is 10.2. The molecule has 5 heteroatoms. The van der Waals surface area contributed by atoms with Crippen LogP contribution < -0.4 is 10.2 Å². The molecule has 0 aromatic heterocycles. The molecular formula is C17H25N3O2. The van der Waals surface area contributed by atoms with Gasteiger partial charge < -0.3 is 10.2 Å². The van der Waals surface area contributed by atoms with Gasteiger partial charge in [-0.25, -0.2) is 0 Å². The summed E-state index contributed by atoms with van der Waals surface area (Å²) in [5, 5.41) is 2.95. The second kappa shape index (κ2) is 7.40. The van der Waals surface area contributed by atoms with Crippen molar-refractivity contribution in [2.45, 2.75) is 38.8 Å². The van der Waals surface area contributed by atoms with Gasteiger partial charge in [-0.3, -0.25) is 14.5 Å². The first-order chi connectivity index (χ1) is 10.5. The molecule has 1 saturated carbocycles. The molecule has 1 aromatic carbocycles. The largest absolute Gasteiger partial charge is 0.352 e. The first-order valence-electron chi connectivity index (χ1n) is 7.89. The van der Waals surface area contributed by atoms with E-state index in [-0.39, 0.29) is 24.4 Å². The number of carbonyl (C=O) groups is 2. The van der Waals surface area contributed by atoms with Crippen LogP contribution in [0.2, 0.25) is 0 Å². The monoisotopic (exact) mass is 303 g/mol. The van der Waals surface area contributed by atoms with Gasteiger partial charge in [0.15, 0.2) is 0 Å². The highest BCUT2D eigenvalue weighted by Gasteiger charge is 2.27. The van der Waals surface area contributed by atoms with Crippen molar-refractivity contribution in [2.24, 2.45) is 0 Å². The van der Waals surface area contributed by atoms with Crippen LogP contribution in [0.1, 0.15) is 26.7 Å². The van der Waals surface area contributed by atoms with E-state index >= 15 is 0 Å². The smallest absolute Gasteiger partial charge is 0.244 e. The van der Waals surface area contributed by atoms with Gasteiger partial charge >= 0.3 is 0 Å². The standard InChI is InChI=1S/C17H25N3O2/c1-4-20(15-8-6-5-7-9-15)17(22)13(2)19(3)12-16(21)18-14-10-11-14/h5-9,13-14H,4,10-12H2,1-3H3,(H,18,21)/t13-/m1/s1. The number of hydrogen-bond donors (Lipinski definition) is 1. The summed E-state index contributed by atoms with van der Waals surface area (Å²) in [5.41, 5.74) is 0.887. The van der Waals surface area contributed by atoms with Crippen molar-refractivity contribution in [3.8, 4) is 0 Å². The van der Waals surface area contributed by atoms with Crippen molar-refractivity contribution in [3.05, 3.63) is 30.3 Å². The summed E-state index contributed by atoms with van der Waals surface area (Å²) in [7, 11) is 1.81. The van der Waals surface area contributed by atoms with E-state index < -0.39 is 0 Å². The zero-order chi connectivity index (χ0) is 16.1. The van der Waals surface area contributed by atoms with Crippen LogP contribution in [-0.4, -0.2) is 48.9 Å². The quantitative estimate of drug-likeness (QED) is 0.833. The Kier molecular flexibility index (Phi) is 5.55. The van der Waals surface area contributed by atoms with Crippen LogP contribution in [-0.2, 0) is 9.59 Å². The van der Waals surface area contributed by atoms with Gasteiger partial charge in [0.1, 0.15) is 0 Å². The third kappa shape index (κ3) is 4.31. The molecular weight excluding hydrogens is 278 g/mol. The fourth-order valence-corrected chi connectivity index (χ4v) is 2.35. The molecule has 1 aliphatic rings. The topological polar surface area (TPSA) is 52.7 Å². The van der Waals surface area contributed by atoms with Crippen molar-refractivity contribution in [2.75, 3.05) is 25.0 Å². The number of hydrogen-bond acceptors (Lipinski definition) is 3. The minimum absolute atomic E-state index is 0.00703. The summed E-state index contributed by atoms with van der Waals surface area (Å²) in [6.45, 7) is 4.65. The van der Waals surface area contributed by atoms with Crippen LogP contribution in [0.15, 0.2) is 30.3 Å². The van der Waals surface area contributed by atoms with Crippen LogP contribution in [0.25, 0.3) is 0 Å². The number of rotatable bonds is 7. The lowest BCUT2D eigenvalue weighted by Gasteiger charge is -2.29. The molecule has 0 aliphatic heterocycles. The summed E-state index contributed by atoms with van der Waals surface area (Å²) in [4.78, 5) is 28.1. The zero-order valence-electron chi connectivity index (χ0n) is 13.6. The maximum absolute atomic E-state index is 12.7. The van der Waals surface area contributed by atoms with Gasteiger partial charge in [-0.1, -0.05) is 18.2 Å². The Hall–Kier alpha value is -1.88. The van der Waals surface area contributed by atoms with Crippen LogP contribution in [0.5, 0.6) is 0 Å². The number of benzene rings is 1. The zero-order valence-corrected chi connectivity index (χ0v) is 13.6. The van der Waals surface area contributed by atoms with E-state index in [1.54, 1.807) is 9.80 Å². The molecule has 1 aliphatic carbocycles. The molecule has 0 radical (unpaired) electrons. The second-order valence-corrected chi connectivity index (χ2v) is 5.85. The van der Waals surface area contributed by atoms with E-state index in [0.29, 0.717) is 12.6 Å². The molecule has 22 heavy (non-hydrogen) atoms. The molecule has 2 rings (SSSR count). The van der Waals surface area contributed by atoms with Crippen LogP contribution in [0.3, 0.4) is 0 Å². The maximum atomic E-state index is 12.7. The molecule has 1 fully saturated rings. The minimum Gasteiger partial charge on any atom is -0.352 e. The third-order valence-corrected chi connectivity index (χ3v) is 4.00. The van der Waals surface area contributed by atoms with Crippen LogP contribution in [0, 0.1) is 0 Å². The van der Waals surface area contributed by atoms with E-state index in [4.69, 9.17) is 0 Å². The number of amides is 2. The predicted octanol–water partition coefficient (Wildman–Crippen LogP) is 1.64. The Labute approximate surface area is 132 Å². The number of anilines is 1. The first-order valence-corrected chi connectivity index (χ1v) is 7.89. The Morgan fingerprint density at radius 3 is 2.45 bits per heavy atom. The van der Waals surface area contributed by atoms with Crippen molar-refractivity contribution in [1.82, 2.24) is 10.2 Å². The fourth-order valence-electron chi connectivity index (χ4n) is 2.35. The maximum Gasteiger partial charge on any atom is 0.244 e. The Bertz CT molecular complexity index is 514. The molecule has 1 aromatic rings. The molecule has 0 spiro atoms. The number of para-hydroxylation sites is 1. The number of carbonyl (C=O) groups excluding carboxylic acids is 2. The average Bonchev–Trinajstić information content (AvgIpc) is 3.31. The summed E-state index contributed by atoms with van der Waals surface area (Å²) in [5.74, 6) is 0.00262. The van der Waals surface area contributed by atoms with Crippen molar-refractivity contribution in [1.29, 1.82) is 0 Å². The lowest BCUT2D eigenvalue weighted by molar-refractivity contribution is -0.126. The summed E-state index contributed by atoms with van der Waals surface area (Å²) < 4.78 is 0. The van der Waals surface area contributed by atoms with Gasteiger partial charge in [0, 0.05) is 18.3 Å². The SMILES string of the molecule is CCN(C(=O)[C@@H](C)N(C)CC(=O)NC1CC1)c1ccccc1. The number of likely N-dealkylation sites (N-methyl/N-ethyl adjacent to an activating group) is 2. The van der Waals surface area contributed by atoms with Crippen molar-refractivity contribution >= 4 is 17.5 Å². The molecule has 1 N–H and O–H groups in total. The number of nitrogens with zero attached hydrogens (tertiary/aromatic N) is 2. The molecule has 0 saturated heterocycles. The molecule has 0 heterocycles. The average molecular weight is 303 g/mol. The van der Waals surface area contributed by atoms with Crippen LogP contribution in [0.4, 0.5) is 5.69 Å². The second-order valence-electron chi connectivity index (χ2n) is 5.85. The van der Waals surface area contributed by atoms with Gasteiger partial charge in [0.05, 0.1) is 12.6 Å². The summed E-state index contributed by atoms with van der Waals surface area (Å²) in [6, 6.07) is 9.63. The van der Waals surface area contributed by atoms with E-state index in [9.17, 15) is 9.59 Å². The third-order valence-electron chi connectivity index (χ3n) is 4.00. The van der Waals surface area contributed by atoms with Crippen molar-refractivity contribution < 1.29 is 9.59 Å². The van der Waals surface area contributed by atoms with E-state index in [1.807, 2.05) is 51.2 Å². The van der Waals surface area contributed by atoms with Gasteiger partial charge in [-0.2, -0.15) is 0 Å². The molecule has 120 valence electrons. The molecule has 1 atom stereocenters. The molecule has 5 nitrogen and oxygen atoms in total. The van der Waals surface area contributed by atoms with Gasteiger partial charge in [0.2, 0.25) is 11.8 Å². The molecule has 2 amide bonds. The van der Waals surface area contributed by atoms with Gasteiger partial charge in [0.25, 0.3) is 0 Å². The lowest BCUT2D eigenvalue weighted by Crippen LogP contribution is -2.49. The number of nitrogens with one attached hydrogen (secondary N) is 1. The predicted molar refractivity (Wildman–Crippen MR) is 87.7 cm³/mol. The minimum atomic E-state index is -0.342. The Morgan fingerprint density at radius 2 is 1.91 bits per heavy atom. The molecule has 0 bridgehead atoms. The summed E-state index contributed by atoms with van der Waals surface area (Å²) in [6.07, 6.45) is 2.14. The Morgan fingerprint density at radius 1 is 1.27 bits per heavy atom. The summed E-state index contributed by atoms with van der Waals surface area (Å²) >= 11 is 0. The first kappa shape index (κ1) is 16.5. The van der Waals surface area contributed by atoms with Gasteiger partial charge in [-0.05, 0) is 45.9 Å². The normalized spacial score (nSPS) is 15.5. The highest BCUT2D eigenvalue weighted by molar-refractivity contribution is 5.97. The van der Waals surface area contributed by atoms with Crippen molar-refractivity contribution in [3.63, 3.8) is 0 Å². The van der Waals surface area contributed by atoms with Crippen LogP contribution >= 0.6 is 0 Å². The van der Waals surface area contributed by atoms with E-state index in [0.717, 1.165) is 18.5 Å². The Balaban J connectivity index is 1.95. The fraction of sp³-hybridized carbons (Fsp3) is 0.529. The molecule has 0 unspecified atom stereocenters. The van der Waals surface area contributed by atoms with E-state index in [2.05, 4.69) is 5.32 Å².